The molecule has 0 atom stereocenters. The van der Waals surface area contributed by atoms with Crippen LogP contribution in [-0.4, -0.2) is 35.7 Å². The van der Waals surface area contributed by atoms with Crippen LogP contribution in [0.2, 0.25) is 0 Å². The lowest BCUT2D eigenvalue weighted by Gasteiger charge is -2.38. The lowest BCUT2D eigenvalue weighted by molar-refractivity contribution is -0.109. The molecule has 0 spiro atoms. The number of carbonyl (C=O) groups is 1. The number of rotatable bonds is 3. The van der Waals surface area contributed by atoms with Crippen LogP contribution in [0.15, 0.2) is 24.5 Å². The van der Waals surface area contributed by atoms with E-state index in [-0.39, 0.29) is 12.4 Å². The molecule has 1 aromatic rings. The monoisotopic (exact) mass is 193 g/mol. The first-order valence-electron chi connectivity index (χ1n) is 4.42. The molecule has 1 N–H and O–H groups in total. The highest BCUT2D eigenvalue weighted by molar-refractivity contribution is 6.01. The van der Waals surface area contributed by atoms with E-state index in [1.54, 1.807) is 18.3 Å². The molecule has 1 aliphatic heterocycles. The second-order valence-corrected chi connectivity index (χ2v) is 3.50. The molecule has 4 heteroatoms. The number of pyridine rings is 1. The number of hydrogen-bond acceptors (Lipinski definition) is 4. The van der Waals surface area contributed by atoms with Gasteiger partial charge in [0, 0.05) is 18.0 Å². The minimum Gasteiger partial charge on any atom is -0.395 e. The van der Waals surface area contributed by atoms with Crippen LogP contribution in [0.3, 0.4) is 0 Å². The number of ether oxygens (including phenoxy) is 1. The van der Waals surface area contributed by atoms with E-state index in [2.05, 4.69) is 4.98 Å². The van der Waals surface area contributed by atoms with Crippen molar-refractivity contribution in [2.24, 2.45) is 5.41 Å². The SMILES string of the molecule is O=C(c1cccnc1)C1(CO)COC1. The summed E-state index contributed by atoms with van der Waals surface area (Å²) in [6, 6.07) is 3.41. The van der Waals surface area contributed by atoms with Crippen molar-refractivity contribution in [3.63, 3.8) is 0 Å². The molecule has 4 nitrogen and oxygen atoms in total. The largest absolute Gasteiger partial charge is 0.395 e. The lowest BCUT2D eigenvalue weighted by atomic mass is 9.80. The van der Waals surface area contributed by atoms with Crippen LogP contribution < -0.4 is 0 Å². The van der Waals surface area contributed by atoms with Crippen LogP contribution >= 0.6 is 0 Å². The maximum absolute atomic E-state index is 11.9. The number of Topliss-reactive ketones (excluding diaryl/α,β-unsaturated/α-hetero) is 1. The van der Waals surface area contributed by atoms with E-state index in [0.29, 0.717) is 18.8 Å². The minimum absolute atomic E-state index is 0.0839. The fourth-order valence-electron chi connectivity index (χ4n) is 1.45. The Hall–Kier alpha value is -1.26. The Kier molecular flexibility index (Phi) is 2.31. The molecule has 0 saturated carbocycles. The van der Waals surface area contributed by atoms with Gasteiger partial charge in [-0.15, -0.1) is 0 Å². The average Bonchev–Trinajstić information content (AvgIpc) is 2.18. The van der Waals surface area contributed by atoms with E-state index in [4.69, 9.17) is 9.84 Å². The molecular weight excluding hydrogens is 182 g/mol. The van der Waals surface area contributed by atoms with Crippen molar-refractivity contribution in [1.82, 2.24) is 4.98 Å². The summed E-state index contributed by atoms with van der Waals surface area (Å²) >= 11 is 0. The summed E-state index contributed by atoms with van der Waals surface area (Å²) in [4.78, 5) is 15.8. The Morgan fingerprint density at radius 3 is 2.86 bits per heavy atom. The molecule has 14 heavy (non-hydrogen) atoms. The first kappa shape index (κ1) is 9.30. The van der Waals surface area contributed by atoms with E-state index >= 15 is 0 Å². The Morgan fingerprint density at radius 2 is 2.43 bits per heavy atom. The topological polar surface area (TPSA) is 59.4 Å². The van der Waals surface area contributed by atoms with Gasteiger partial charge < -0.3 is 9.84 Å². The molecule has 0 amide bonds. The van der Waals surface area contributed by atoms with Gasteiger partial charge in [0.2, 0.25) is 0 Å². The zero-order valence-electron chi connectivity index (χ0n) is 7.64. The number of ketones is 1. The minimum atomic E-state index is -0.719. The fourth-order valence-corrected chi connectivity index (χ4v) is 1.45. The summed E-state index contributed by atoms with van der Waals surface area (Å²) in [5.41, 5.74) is -0.187. The molecule has 74 valence electrons. The number of aliphatic hydroxyl groups excluding tert-OH is 1. The number of hydrogen-bond donors (Lipinski definition) is 1. The van der Waals surface area contributed by atoms with Gasteiger partial charge in [0.1, 0.15) is 5.41 Å². The number of aromatic nitrogens is 1. The summed E-state index contributed by atoms with van der Waals surface area (Å²) in [5, 5.41) is 9.15. The van der Waals surface area contributed by atoms with Crippen molar-refractivity contribution < 1.29 is 14.6 Å². The van der Waals surface area contributed by atoms with Crippen LogP contribution in [-0.2, 0) is 4.74 Å². The van der Waals surface area contributed by atoms with Gasteiger partial charge in [0.15, 0.2) is 5.78 Å². The highest BCUT2D eigenvalue weighted by atomic mass is 16.5. The molecular formula is C10H11NO3. The quantitative estimate of drug-likeness (QED) is 0.700. The summed E-state index contributed by atoms with van der Waals surface area (Å²) in [6.07, 6.45) is 3.12. The highest BCUT2D eigenvalue weighted by Gasteiger charge is 2.45. The average molecular weight is 193 g/mol. The third kappa shape index (κ3) is 1.32. The van der Waals surface area contributed by atoms with Gasteiger partial charge in [0.25, 0.3) is 0 Å². The number of carbonyl (C=O) groups excluding carboxylic acids is 1. The van der Waals surface area contributed by atoms with Crippen molar-refractivity contribution in [3.05, 3.63) is 30.1 Å². The van der Waals surface area contributed by atoms with Gasteiger partial charge in [-0.3, -0.25) is 9.78 Å². The Morgan fingerprint density at radius 1 is 1.64 bits per heavy atom. The normalized spacial score (nSPS) is 18.6. The second-order valence-electron chi connectivity index (χ2n) is 3.50. The van der Waals surface area contributed by atoms with E-state index in [9.17, 15) is 4.79 Å². The molecule has 0 aromatic carbocycles. The van der Waals surface area contributed by atoms with Crippen LogP contribution in [0.4, 0.5) is 0 Å². The maximum Gasteiger partial charge on any atom is 0.177 e. The molecule has 0 unspecified atom stereocenters. The van der Waals surface area contributed by atoms with Crippen molar-refractivity contribution in [2.45, 2.75) is 0 Å². The summed E-state index contributed by atoms with van der Waals surface area (Å²) in [6.45, 7) is 0.440. The highest BCUT2D eigenvalue weighted by Crippen LogP contribution is 2.30. The number of nitrogens with zero attached hydrogens (tertiary/aromatic N) is 1. The molecule has 1 saturated heterocycles. The third-order valence-electron chi connectivity index (χ3n) is 2.46. The Bertz CT molecular complexity index is 327. The van der Waals surface area contributed by atoms with Gasteiger partial charge in [-0.25, -0.2) is 0 Å². The first-order valence-corrected chi connectivity index (χ1v) is 4.42. The van der Waals surface area contributed by atoms with Crippen molar-refractivity contribution >= 4 is 5.78 Å². The smallest absolute Gasteiger partial charge is 0.177 e. The lowest BCUT2D eigenvalue weighted by Crippen LogP contribution is -2.51. The van der Waals surface area contributed by atoms with Gasteiger partial charge in [-0.1, -0.05) is 0 Å². The molecule has 1 aliphatic rings. The molecule has 0 aliphatic carbocycles. The molecule has 1 fully saturated rings. The predicted molar refractivity (Wildman–Crippen MR) is 48.9 cm³/mol. The van der Waals surface area contributed by atoms with E-state index in [0.717, 1.165) is 0 Å². The van der Waals surface area contributed by atoms with Crippen LogP contribution in [0.1, 0.15) is 10.4 Å². The first-order chi connectivity index (χ1) is 6.78. The zero-order valence-corrected chi connectivity index (χ0v) is 7.64. The summed E-state index contributed by atoms with van der Waals surface area (Å²) in [7, 11) is 0. The predicted octanol–water partition coefficient (Wildman–Crippen LogP) is 0.273. The van der Waals surface area contributed by atoms with E-state index in [1.165, 1.54) is 6.20 Å². The van der Waals surface area contributed by atoms with Gasteiger partial charge in [-0.2, -0.15) is 0 Å². The van der Waals surface area contributed by atoms with E-state index in [1.807, 2.05) is 0 Å². The second kappa shape index (κ2) is 3.48. The Labute approximate surface area is 81.5 Å². The van der Waals surface area contributed by atoms with Gasteiger partial charge in [0.05, 0.1) is 19.8 Å². The molecule has 1 aromatic heterocycles. The van der Waals surface area contributed by atoms with Crippen molar-refractivity contribution in [1.29, 1.82) is 0 Å². The maximum atomic E-state index is 11.9. The summed E-state index contributed by atoms with van der Waals surface area (Å²) < 4.78 is 4.97. The zero-order chi connectivity index (χ0) is 10.0. The van der Waals surface area contributed by atoms with E-state index < -0.39 is 5.41 Å². The van der Waals surface area contributed by atoms with Crippen LogP contribution in [0, 0.1) is 5.41 Å². The van der Waals surface area contributed by atoms with Gasteiger partial charge >= 0.3 is 0 Å². The van der Waals surface area contributed by atoms with Gasteiger partial charge in [-0.05, 0) is 12.1 Å². The Balaban J connectivity index is 2.23. The van der Waals surface area contributed by atoms with Crippen molar-refractivity contribution in [2.75, 3.05) is 19.8 Å². The third-order valence-corrected chi connectivity index (χ3v) is 2.46. The standard InChI is InChI=1S/C10H11NO3/c12-5-10(6-14-7-10)9(13)8-2-1-3-11-4-8/h1-4,12H,5-7H2. The molecule has 0 bridgehead atoms. The fraction of sp³-hybridized carbons (Fsp3) is 0.400. The van der Waals surface area contributed by atoms with Crippen LogP contribution in [0.5, 0.6) is 0 Å². The molecule has 2 rings (SSSR count). The number of aliphatic hydroxyl groups is 1. The molecule has 0 radical (unpaired) electrons. The van der Waals surface area contributed by atoms with Crippen LogP contribution in [0.25, 0.3) is 0 Å². The summed E-state index contributed by atoms with van der Waals surface area (Å²) in [5.74, 6) is -0.0839. The van der Waals surface area contributed by atoms with Crippen molar-refractivity contribution in [3.8, 4) is 0 Å². The molecule has 2 heterocycles.